The Morgan fingerprint density at radius 2 is 1.85 bits per heavy atom. The zero-order chi connectivity index (χ0) is 19.4. The van der Waals surface area contributed by atoms with Crippen molar-refractivity contribution in [3.05, 3.63) is 34.8 Å². The van der Waals surface area contributed by atoms with Gasteiger partial charge in [-0.2, -0.15) is 0 Å². The van der Waals surface area contributed by atoms with E-state index >= 15 is 0 Å². The minimum absolute atomic E-state index is 0.0228. The molecule has 1 aliphatic rings. The first-order valence-electron chi connectivity index (χ1n) is 9.85. The summed E-state index contributed by atoms with van der Waals surface area (Å²) in [4.78, 5) is 17.6. The zero-order valence-corrected chi connectivity index (χ0v) is 16.9. The number of aryl methyl sites for hydroxylation is 2. The van der Waals surface area contributed by atoms with Crippen LogP contribution in [-0.2, 0) is 0 Å². The lowest BCUT2D eigenvalue weighted by Gasteiger charge is -2.33. The zero-order valence-electron chi connectivity index (χ0n) is 16.9. The van der Waals surface area contributed by atoms with Crippen molar-refractivity contribution in [3.8, 4) is 5.82 Å². The van der Waals surface area contributed by atoms with Crippen molar-refractivity contribution in [2.24, 2.45) is 0 Å². The number of likely N-dealkylation sites (N-methyl/N-ethyl adjacent to an activating group) is 1. The molecule has 0 atom stereocenters. The number of aromatic nitrogens is 2. The fourth-order valence-corrected chi connectivity index (χ4v) is 3.73. The molecule has 27 heavy (non-hydrogen) atoms. The Balaban J connectivity index is 1.50. The molecule has 0 radical (unpaired) electrons. The summed E-state index contributed by atoms with van der Waals surface area (Å²) in [5, 5.41) is 7.13. The van der Waals surface area contributed by atoms with Crippen LogP contribution in [0.1, 0.15) is 40.9 Å². The predicted molar refractivity (Wildman–Crippen MR) is 106 cm³/mol. The van der Waals surface area contributed by atoms with Crippen LogP contribution < -0.4 is 5.32 Å². The maximum absolute atomic E-state index is 12.6. The molecule has 0 aromatic carbocycles. The number of hydrogen-bond acceptors (Lipinski definition) is 5. The Morgan fingerprint density at radius 1 is 1.15 bits per heavy atom. The van der Waals surface area contributed by atoms with Crippen LogP contribution in [0.3, 0.4) is 0 Å². The highest BCUT2D eigenvalue weighted by Crippen LogP contribution is 2.20. The largest absolute Gasteiger partial charge is 0.360 e. The highest BCUT2D eigenvalue weighted by atomic mass is 16.5. The maximum Gasteiger partial charge on any atom is 0.253 e. The molecule has 0 unspecified atom stereocenters. The molecule has 0 bridgehead atoms. The van der Waals surface area contributed by atoms with Gasteiger partial charge in [-0.1, -0.05) is 12.1 Å². The number of carbonyl (C=O) groups is 1. The second kappa shape index (κ2) is 8.71. The summed E-state index contributed by atoms with van der Waals surface area (Å²) in [5.74, 6) is 1.45. The topological polar surface area (TPSA) is 66.5 Å². The molecule has 0 spiro atoms. The molecule has 3 heterocycles. The monoisotopic (exact) mass is 373 g/mol. The van der Waals surface area contributed by atoms with E-state index in [1.54, 1.807) is 0 Å². The minimum Gasteiger partial charge on any atom is -0.360 e. The quantitative estimate of drug-likeness (QED) is 0.754. The number of hydrogen-bond donors (Lipinski definition) is 1. The third kappa shape index (κ3) is 4.59. The third-order valence-electron chi connectivity index (χ3n) is 5.37. The summed E-state index contributed by atoms with van der Waals surface area (Å²) in [6.45, 7) is 15.4. The summed E-state index contributed by atoms with van der Waals surface area (Å²) in [5.41, 5.74) is 2.55. The van der Waals surface area contributed by atoms with Gasteiger partial charge in [-0.15, -0.1) is 0 Å². The van der Waals surface area contributed by atoms with E-state index < -0.39 is 0 Å². The SMILES string of the molecule is CCN1CCN(CCCNC(=O)c2cc(C)n(-c3cc(C)on3)c2C)CC1. The molecule has 1 saturated heterocycles. The van der Waals surface area contributed by atoms with E-state index in [-0.39, 0.29) is 5.91 Å². The first kappa shape index (κ1) is 19.6. The van der Waals surface area contributed by atoms with Crippen LogP contribution in [0.4, 0.5) is 0 Å². The minimum atomic E-state index is -0.0228. The second-order valence-corrected chi connectivity index (χ2v) is 7.30. The third-order valence-corrected chi connectivity index (χ3v) is 5.37. The molecule has 1 fully saturated rings. The molecule has 0 aliphatic carbocycles. The second-order valence-electron chi connectivity index (χ2n) is 7.30. The number of piperazine rings is 1. The van der Waals surface area contributed by atoms with Gasteiger partial charge in [-0.25, -0.2) is 0 Å². The van der Waals surface area contributed by atoms with Crippen molar-refractivity contribution in [1.82, 2.24) is 24.8 Å². The molecule has 1 N–H and O–H groups in total. The molecule has 3 rings (SSSR count). The lowest BCUT2D eigenvalue weighted by atomic mass is 10.2. The predicted octanol–water partition coefficient (Wildman–Crippen LogP) is 2.15. The molecular weight excluding hydrogens is 342 g/mol. The van der Waals surface area contributed by atoms with Crippen LogP contribution in [-0.4, -0.2) is 71.2 Å². The van der Waals surface area contributed by atoms with Gasteiger partial charge in [-0.3, -0.25) is 9.36 Å². The Morgan fingerprint density at radius 3 is 2.48 bits per heavy atom. The highest BCUT2D eigenvalue weighted by molar-refractivity contribution is 5.95. The molecule has 0 saturated carbocycles. The number of nitrogens with zero attached hydrogens (tertiary/aromatic N) is 4. The van der Waals surface area contributed by atoms with Crippen LogP contribution in [0.15, 0.2) is 16.7 Å². The first-order chi connectivity index (χ1) is 13.0. The van der Waals surface area contributed by atoms with Gasteiger partial charge in [0.05, 0.1) is 5.56 Å². The van der Waals surface area contributed by atoms with Crippen LogP contribution in [0.25, 0.3) is 5.82 Å². The smallest absolute Gasteiger partial charge is 0.253 e. The van der Waals surface area contributed by atoms with Gasteiger partial charge in [0.15, 0.2) is 5.82 Å². The van der Waals surface area contributed by atoms with Crippen LogP contribution >= 0.6 is 0 Å². The molecule has 148 valence electrons. The van der Waals surface area contributed by atoms with Gasteiger partial charge in [0, 0.05) is 50.2 Å². The van der Waals surface area contributed by atoms with E-state index in [0.29, 0.717) is 17.9 Å². The van der Waals surface area contributed by atoms with Crippen molar-refractivity contribution in [3.63, 3.8) is 0 Å². The first-order valence-corrected chi connectivity index (χ1v) is 9.85. The van der Waals surface area contributed by atoms with E-state index in [9.17, 15) is 4.79 Å². The molecular formula is C20H31N5O2. The van der Waals surface area contributed by atoms with Gasteiger partial charge >= 0.3 is 0 Å². The molecule has 1 amide bonds. The van der Waals surface area contributed by atoms with Crippen LogP contribution in [0, 0.1) is 20.8 Å². The normalized spacial score (nSPS) is 16.0. The number of rotatable bonds is 7. The van der Waals surface area contributed by atoms with Gasteiger partial charge in [0.25, 0.3) is 5.91 Å². The number of nitrogens with one attached hydrogen (secondary N) is 1. The molecule has 2 aromatic heterocycles. The average Bonchev–Trinajstić information content (AvgIpc) is 3.21. The lowest BCUT2D eigenvalue weighted by molar-refractivity contribution is 0.0947. The molecule has 1 aliphatic heterocycles. The maximum atomic E-state index is 12.6. The van der Waals surface area contributed by atoms with Crippen LogP contribution in [0.5, 0.6) is 0 Å². The van der Waals surface area contributed by atoms with E-state index in [0.717, 1.165) is 62.8 Å². The van der Waals surface area contributed by atoms with Gasteiger partial charge in [0.2, 0.25) is 0 Å². The fourth-order valence-electron chi connectivity index (χ4n) is 3.73. The summed E-state index contributed by atoms with van der Waals surface area (Å²) >= 11 is 0. The van der Waals surface area contributed by atoms with E-state index in [4.69, 9.17) is 4.52 Å². The van der Waals surface area contributed by atoms with Crippen molar-refractivity contribution in [2.45, 2.75) is 34.1 Å². The van der Waals surface area contributed by atoms with Crippen molar-refractivity contribution < 1.29 is 9.32 Å². The molecule has 7 heteroatoms. The Bertz CT molecular complexity index is 771. The molecule has 2 aromatic rings. The summed E-state index contributed by atoms with van der Waals surface area (Å²) in [6, 6.07) is 3.79. The van der Waals surface area contributed by atoms with E-state index in [2.05, 4.69) is 27.2 Å². The fraction of sp³-hybridized carbons (Fsp3) is 0.600. The summed E-state index contributed by atoms with van der Waals surface area (Å²) < 4.78 is 7.13. The summed E-state index contributed by atoms with van der Waals surface area (Å²) in [7, 11) is 0. The Kier molecular flexibility index (Phi) is 6.34. The van der Waals surface area contributed by atoms with E-state index in [1.807, 2.05) is 37.5 Å². The van der Waals surface area contributed by atoms with Gasteiger partial charge < -0.3 is 19.6 Å². The van der Waals surface area contributed by atoms with Crippen molar-refractivity contribution in [1.29, 1.82) is 0 Å². The average molecular weight is 374 g/mol. The Hall–Kier alpha value is -2.12. The van der Waals surface area contributed by atoms with Crippen molar-refractivity contribution in [2.75, 3.05) is 45.8 Å². The summed E-state index contributed by atoms with van der Waals surface area (Å²) in [6.07, 6.45) is 0.971. The van der Waals surface area contributed by atoms with Crippen molar-refractivity contribution >= 4 is 5.91 Å². The van der Waals surface area contributed by atoms with Gasteiger partial charge in [0.1, 0.15) is 5.76 Å². The Labute approximate surface area is 161 Å². The highest BCUT2D eigenvalue weighted by Gasteiger charge is 2.19. The number of amides is 1. The van der Waals surface area contributed by atoms with Crippen LogP contribution in [0.2, 0.25) is 0 Å². The molecule has 7 nitrogen and oxygen atoms in total. The van der Waals surface area contributed by atoms with Gasteiger partial charge in [-0.05, 0) is 46.3 Å². The van der Waals surface area contributed by atoms with E-state index in [1.165, 1.54) is 0 Å². The number of carbonyl (C=O) groups excluding carboxylic acids is 1. The standard InChI is InChI=1S/C20H31N5O2/c1-5-23-9-11-24(12-10-23)8-6-7-21-20(26)18-13-15(2)25(17(18)4)19-14-16(3)27-22-19/h13-14H,5-12H2,1-4H3,(H,21,26). The lowest BCUT2D eigenvalue weighted by Crippen LogP contribution is -2.46.